The molecule has 0 saturated heterocycles. The van der Waals surface area contributed by atoms with Crippen LogP contribution in [0.1, 0.15) is 39.2 Å². The van der Waals surface area contributed by atoms with Gasteiger partial charge in [-0.15, -0.1) is 12.4 Å². The van der Waals surface area contributed by atoms with Crippen LogP contribution in [-0.2, 0) is 11.3 Å². The quantitative estimate of drug-likeness (QED) is 0.840. The molecule has 1 atom stereocenters. The van der Waals surface area contributed by atoms with Gasteiger partial charge in [-0.3, -0.25) is 4.79 Å². The summed E-state index contributed by atoms with van der Waals surface area (Å²) >= 11 is 0. The summed E-state index contributed by atoms with van der Waals surface area (Å²) in [6, 6.07) is 9.69. The van der Waals surface area contributed by atoms with Crippen molar-refractivity contribution in [2.75, 3.05) is 6.54 Å². The highest BCUT2D eigenvalue weighted by Crippen LogP contribution is 2.10. The van der Waals surface area contributed by atoms with E-state index in [-0.39, 0.29) is 24.4 Å². The van der Waals surface area contributed by atoms with Crippen LogP contribution in [0.5, 0.6) is 0 Å². The van der Waals surface area contributed by atoms with Crippen molar-refractivity contribution in [1.29, 1.82) is 0 Å². The van der Waals surface area contributed by atoms with E-state index in [1.54, 1.807) is 0 Å². The fraction of sp³-hybridized carbons (Fsp3) is 0.562. The fourth-order valence-corrected chi connectivity index (χ4v) is 2.18. The lowest BCUT2D eigenvalue weighted by Gasteiger charge is -2.26. The Labute approximate surface area is 128 Å². The third kappa shape index (κ3) is 6.40. The molecule has 0 bridgehead atoms. The number of carbonyl (C=O) groups is 1. The van der Waals surface area contributed by atoms with Crippen LogP contribution in [-0.4, -0.2) is 23.4 Å². The van der Waals surface area contributed by atoms with Gasteiger partial charge in [0, 0.05) is 13.1 Å². The molecular weight excluding hydrogens is 272 g/mol. The van der Waals surface area contributed by atoms with E-state index in [0.29, 0.717) is 12.5 Å². The number of hydrogen-bond donors (Lipinski definition) is 1. The van der Waals surface area contributed by atoms with E-state index < -0.39 is 0 Å². The molecule has 0 fully saturated rings. The summed E-state index contributed by atoms with van der Waals surface area (Å²) in [4.78, 5) is 14.3. The minimum Gasteiger partial charge on any atom is -0.337 e. The lowest BCUT2D eigenvalue weighted by Crippen LogP contribution is -2.44. The molecule has 2 N–H and O–H groups in total. The van der Waals surface area contributed by atoms with E-state index in [1.807, 2.05) is 35.2 Å². The second kappa shape index (κ2) is 9.78. The Bertz CT molecular complexity index is 381. The molecule has 0 aromatic heterocycles. The molecule has 1 amide bonds. The maximum absolute atomic E-state index is 12.4. The van der Waals surface area contributed by atoms with Gasteiger partial charge in [-0.25, -0.2) is 0 Å². The zero-order valence-electron chi connectivity index (χ0n) is 12.7. The summed E-state index contributed by atoms with van der Waals surface area (Å²) in [5, 5.41) is 0. The van der Waals surface area contributed by atoms with Gasteiger partial charge < -0.3 is 10.6 Å². The predicted molar refractivity (Wildman–Crippen MR) is 86.8 cm³/mol. The first-order valence-electron chi connectivity index (χ1n) is 7.12. The Morgan fingerprint density at radius 1 is 1.25 bits per heavy atom. The average Bonchev–Trinajstić information content (AvgIpc) is 2.38. The smallest absolute Gasteiger partial charge is 0.239 e. The predicted octanol–water partition coefficient (Wildman–Crippen LogP) is 3.22. The Morgan fingerprint density at radius 3 is 2.35 bits per heavy atom. The van der Waals surface area contributed by atoms with E-state index in [0.717, 1.165) is 24.9 Å². The number of nitrogens with two attached hydrogens (primary N) is 1. The van der Waals surface area contributed by atoms with Gasteiger partial charge in [0.25, 0.3) is 0 Å². The van der Waals surface area contributed by atoms with Crippen molar-refractivity contribution in [3.05, 3.63) is 35.9 Å². The van der Waals surface area contributed by atoms with E-state index in [1.165, 1.54) is 0 Å². The average molecular weight is 299 g/mol. The summed E-state index contributed by atoms with van der Waals surface area (Å²) < 4.78 is 0. The Hall–Kier alpha value is -1.06. The van der Waals surface area contributed by atoms with Crippen molar-refractivity contribution >= 4 is 18.3 Å². The Kier molecular flexibility index (Phi) is 9.26. The standard InChI is InChI=1S/C16H26N2O.ClH/c1-4-10-18(12-14-8-6-5-7-9-14)16(19)15(17)11-13(2)3;/h5-9,13,15H,4,10-12,17H2,1-3H3;1H. The van der Waals surface area contributed by atoms with Crippen LogP contribution in [0.3, 0.4) is 0 Å². The minimum absolute atomic E-state index is 0. The summed E-state index contributed by atoms with van der Waals surface area (Å²) in [6.45, 7) is 7.68. The van der Waals surface area contributed by atoms with E-state index in [4.69, 9.17) is 5.73 Å². The van der Waals surface area contributed by atoms with Crippen molar-refractivity contribution in [3.63, 3.8) is 0 Å². The molecule has 0 aliphatic rings. The fourth-order valence-electron chi connectivity index (χ4n) is 2.18. The number of hydrogen-bond acceptors (Lipinski definition) is 2. The molecule has 0 spiro atoms. The molecule has 0 aliphatic carbocycles. The number of halogens is 1. The summed E-state index contributed by atoms with van der Waals surface area (Å²) in [5.74, 6) is 0.513. The van der Waals surface area contributed by atoms with Crippen LogP contribution in [0.15, 0.2) is 30.3 Å². The van der Waals surface area contributed by atoms with Crippen molar-refractivity contribution < 1.29 is 4.79 Å². The zero-order chi connectivity index (χ0) is 14.3. The number of amides is 1. The summed E-state index contributed by atoms with van der Waals surface area (Å²) in [7, 11) is 0. The molecule has 1 rings (SSSR count). The molecule has 3 nitrogen and oxygen atoms in total. The van der Waals surface area contributed by atoms with Gasteiger partial charge in [-0.05, 0) is 24.3 Å². The van der Waals surface area contributed by atoms with Crippen molar-refractivity contribution in [1.82, 2.24) is 4.90 Å². The molecule has 1 aromatic carbocycles. The molecule has 0 radical (unpaired) electrons. The molecule has 0 saturated carbocycles. The van der Waals surface area contributed by atoms with Crippen LogP contribution in [0, 0.1) is 5.92 Å². The highest BCUT2D eigenvalue weighted by Gasteiger charge is 2.21. The Balaban J connectivity index is 0.00000361. The first kappa shape index (κ1) is 18.9. The molecule has 1 unspecified atom stereocenters. The van der Waals surface area contributed by atoms with Gasteiger partial charge in [-0.1, -0.05) is 51.1 Å². The van der Waals surface area contributed by atoms with Crippen LogP contribution in [0.25, 0.3) is 0 Å². The van der Waals surface area contributed by atoms with Crippen molar-refractivity contribution in [3.8, 4) is 0 Å². The highest BCUT2D eigenvalue weighted by atomic mass is 35.5. The van der Waals surface area contributed by atoms with Gasteiger partial charge in [0.15, 0.2) is 0 Å². The van der Waals surface area contributed by atoms with Gasteiger partial charge in [0.2, 0.25) is 5.91 Å². The third-order valence-corrected chi connectivity index (χ3v) is 3.06. The van der Waals surface area contributed by atoms with Crippen LogP contribution >= 0.6 is 12.4 Å². The molecule has 20 heavy (non-hydrogen) atoms. The first-order chi connectivity index (χ1) is 9.04. The summed E-state index contributed by atoms with van der Waals surface area (Å²) in [6.07, 6.45) is 1.70. The number of benzene rings is 1. The maximum Gasteiger partial charge on any atom is 0.239 e. The molecule has 0 aliphatic heterocycles. The van der Waals surface area contributed by atoms with Crippen LogP contribution < -0.4 is 5.73 Å². The SMILES string of the molecule is CCCN(Cc1ccccc1)C(=O)C(N)CC(C)C.Cl. The molecule has 4 heteroatoms. The van der Waals surface area contributed by atoms with Crippen LogP contribution in [0.4, 0.5) is 0 Å². The lowest BCUT2D eigenvalue weighted by molar-refractivity contribution is -0.133. The molecule has 1 aromatic rings. The lowest BCUT2D eigenvalue weighted by atomic mass is 10.0. The van der Waals surface area contributed by atoms with Gasteiger partial charge >= 0.3 is 0 Å². The Morgan fingerprint density at radius 2 is 1.85 bits per heavy atom. The van der Waals surface area contributed by atoms with Gasteiger partial charge in [-0.2, -0.15) is 0 Å². The number of carbonyl (C=O) groups excluding carboxylic acids is 1. The first-order valence-corrected chi connectivity index (χ1v) is 7.12. The second-order valence-corrected chi connectivity index (χ2v) is 5.48. The number of nitrogens with zero attached hydrogens (tertiary/aromatic N) is 1. The number of rotatable bonds is 7. The van der Waals surface area contributed by atoms with E-state index in [2.05, 4.69) is 20.8 Å². The van der Waals surface area contributed by atoms with E-state index in [9.17, 15) is 4.79 Å². The largest absolute Gasteiger partial charge is 0.337 e. The van der Waals surface area contributed by atoms with Crippen molar-refractivity contribution in [2.45, 2.75) is 46.2 Å². The highest BCUT2D eigenvalue weighted by molar-refractivity contribution is 5.85. The van der Waals surface area contributed by atoms with Crippen molar-refractivity contribution in [2.24, 2.45) is 11.7 Å². The maximum atomic E-state index is 12.4. The topological polar surface area (TPSA) is 46.3 Å². The molecule has 0 heterocycles. The molecular formula is C16H27ClN2O. The normalized spacial score (nSPS) is 11.8. The van der Waals surface area contributed by atoms with E-state index >= 15 is 0 Å². The molecule has 114 valence electrons. The van der Waals surface area contributed by atoms with Crippen LogP contribution in [0.2, 0.25) is 0 Å². The van der Waals surface area contributed by atoms with Gasteiger partial charge in [0.05, 0.1) is 6.04 Å². The minimum atomic E-state index is -0.379. The second-order valence-electron chi connectivity index (χ2n) is 5.48. The zero-order valence-corrected chi connectivity index (χ0v) is 13.5. The monoisotopic (exact) mass is 298 g/mol. The summed E-state index contributed by atoms with van der Waals surface area (Å²) in [5.41, 5.74) is 7.17. The van der Waals surface area contributed by atoms with Gasteiger partial charge in [0.1, 0.15) is 0 Å². The third-order valence-electron chi connectivity index (χ3n) is 3.06.